The highest BCUT2D eigenvalue weighted by Gasteiger charge is 0.728. The molecule has 36 valence electrons. The lowest BCUT2D eigenvalue weighted by molar-refractivity contribution is 1.26. The summed E-state index contributed by atoms with van der Waals surface area (Å²) in [4.78, 5) is 0. The topological polar surface area (TPSA) is 104 Å². The van der Waals surface area contributed by atoms with Crippen molar-refractivity contribution in [2.24, 2.45) is 23.4 Å². The van der Waals surface area contributed by atoms with Crippen molar-refractivity contribution < 1.29 is 0 Å². The van der Waals surface area contributed by atoms with Crippen molar-refractivity contribution in [1.29, 1.82) is 0 Å². The predicted octanol–water partition coefficient (Wildman–Crippen LogP) is -2.25. The van der Waals surface area contributed by atoms with Crippen LogP contribution in [0.15, 0.2) is 0 Å². The molecule has 0 aliphatic carbocycles. The third-order valence-corrected chi connectivity index (χ3v) is 0. The van der Waals surface area contributed by atoms with E-state index in [1.54, 1.807) is 0 Å². The van der Waals surface area contributed by atoms with Crippen molar-refractivity contribution in [3.8, 4) is 0 Å². The second kappa shape index (κ2) is 1180. The van der Waals surface area contributed by atoms with Crippen LogP contribution in [-0.4, -0.2) is 0 Å². The molecular weight excluding hydrogens is 88.1 g/mol. The summed E-state index contributed by atoms with van der Waals surface area (Å²) in [7, 11) is 0. The first-order valence-corrected chi connectivity index (χ1v) is 0.667. The van der Waals surface area contributed by atoms with Crippen LogP contribution in [0.25, 0.3) is 0 Å². The Morgan fingerprint density at radius 1 is 0.600 bits per heavy atom. The van der Waals surface area contributed by atoms with Gasteiger partial charge in [-0.1, -0.05) is 0 Å². The molecule has 0 aliphatic heterocycles. The molecule has 4 nitrogen and oxygen atoms in total. The highest BCUT2D eigenvalue weighted by atomic mass is 32.1. The van der Waals surface area contributed by atoms with Gasteiger partial charge in [0.25, 0.3) is 0 Å². The molecule has 0 radical (unpaired) electrons. The quantitative estimate of drug-likeness (QED) is 0.203. The van der Waals surface area contributed by atoms with Crippen LogP contribution in [0.1, 0.15) is 0 Å². The minimum absolute atomic E-state index is 0. The van der Waals surface area contributed by atoms with Crippen LogP contribution >= 0.6 is 13.5 Å². The molecule has 0 atom stereocenters. The van der Waals surface area contributed by atoms with Crippen molar-refractivity contribution in [3.05, 3.63) is 0 Å². The second-order valence-electron chi connectivity index (χ2n) is 0. The standard InChI is InChI=1S/2H4N2.H2S/c2*1-2;/h2*1-2H2;1H2. The number of hydrogen-bond acceptors (Lipinski definition) is 4. The first kappa shape index (κ1) is 19.0. The Morgan fingerprint density at radius 3 is 0.600 bits per heavy atom. The van der Waals surface area contributed by atoms with E-state index in [-0.39, 0.29) is 13.5 Å². The fraction of sp³-hybridized carbons (Fsp3) is 0. The normalized spacial score (nSPS) is 2.40. The molecule has 0 fully saturated rings. The molecule has 0 rings (SSSR count). The summed E-state index contributed by atoms with van der Waals surface area (Å²) in [6.07, 6.45) is 0. The van der Waals surface area contributed by atoms with E-state index in [9.17, 15) is 0 Å². The highest BCUT2D eigenvalue weighted by Crippen LogP contribution is 0.648. The van der Waals surface area contributed by atoms with Crippen LogP contribution in [0, 0.1) is 0 Å². The van der Waals surface area contributed by atoms with Crippen LogP contribution in [0.4, 0.5) is 0 Å². The molecule has 5 heavy (non-hydrogen) atoms. The molecule has 0 amide bonds. The molecule has 0 aliphatic rings. The summed E-state index contributed by atoms with van der Waals surface area (Å²) in [6.45, 7) is 0. The van der Waals surface area contributed by atoms with Gasteiger partial charge in [-0.15, -0.1) is 0 Å². The molecule has 0 saturated heterocycles. The zero-order valence-electron chi connectivity index (χ0n) is 2.81. The zero-order chi connectivity index (χ0) is 4.00. The van der Waals surface area contributed by atoms with E-state index >= 15 is 0 Å². The molecule has 0 heterocycles. The molecule has 0 aromatic carbocycles. The average molecular weight is 98.2 g/mol. The lowest BCUT2D eigenvalue weighted by atomic mass is 13.0. The lowest BCUT2D eigenvalue weighted by Crippen LogP contribution is -2.02. The Morgan fingerprint density at radius 2 is 0.600 bits per heavy atom. The van der Waals surface area contributed by atoms with E-state index in [1.165, 1.54) is 0 Å². The lowest BCUT2D eigenvalue weighted by Gasteiger charge is -1.27. The van der Waals surface area contributed by atoms with E-state index in [4.69, 9.17) is 0 Å². The van der Waals surface area contributed by atoms with E-state index in [0.29, 0.717) is 0 Å². The minimum atomic E-state index is 0. The maximum absolute atomic E-state index is 4.00. The van der Waals surface area contributed by atoms with Crippen LogP contribution in [-0.2, 0) is 0 Å². The zero-order valence-corrected chi connectivity index (χ0v) is 3.81. The van der Waals surface area contributed by atoms with Gasteiger partial charge in [0.15, 0.2) is 0 Å². The molecule has 8 N–H and O–H groups in total. The number of rotatable bonds is 0. The summed E-state index contributed by atoms with van der Waals surface area (Å²) in [5.41, 5.74) is 0. The second-order valence-corrected chi connectivity index (χ2v) is 0. The minimum Gasteiger partial charge on any atom is -0.274 e. The molecule has 0 unspecified atom stereocenters. The van der Waals surface area contributed by atoms with Gasteiger partial charge in [-0.25, -0.2) is 0 Å². The number of hydrazine groups is 2. The summed E-state index contributed by atoms with van der Waals surface area (Å²) in [5, 5.41) is 0. The van der Waals surface area contributed by atoms with E-state index < -0.39 is 0 Å². The van der Waals surface area contributed by atoms with Crippen LogP contribution in [0.3, 0.4) is 0 Å². The highest BCUT2D eigenvalue weighted by molar-refractivity contribution is 7.59. The largest absolute Gasteiger partial charge is 0.274 e. The fourth-order valence-corrected chi connectivity index (χ4v) is 0. The van der Waals surface area contributed by atoms with Gasteiger partial charge >= 0.3 is 0 Å². The van der Waals surface area contributed by atoms with Gasteiger partial charge in [-0.2, -0.15) is 13.5 Å². The maximum atomic E-state index is 4.00. The first-order chi connectivity index (χ1) is 2.00. The monoisotopic (exact) mass is 98.1 g/mol. The van der Waals surface area contributed by atoms with Crippen molar-refractivity contribution in [3.63, 3.8) is 0 Å². The third kappa shape index (κ3) is 557. The van der Waals surface area contributed by atoms with Crippen molar-refractivity contribution >= 4 is 13.5 Å². The van der Waals surface area contributed by atoms with Crippen molar-refractivity contribution in [1.82, 2.24) is 0 Å². The van der Waals surface area contributed by atoms with E-state index in [2.05, 4.69) is 23.4 Å². The molecule has 0 aromatic rings. The molecular formula is H10N4S. The first-order valence-electron chi connectivity index (χ1n) is 0.667. The summed E-state index contributed by atoms with van der Waals surface area (Å²) in [5.74, 6) is 16.0. The Labute approximate surface area is 37.9 Å². The summed E-state index contributed by atoms with van der Waals surface area (Å²) in [6, 6.07) is 0. The molecule has 0 bridgehead atoms. The number of nitrogens with two attached hydrogens (primary N) is 4. The molecule has 5 heteroatoms. The smallest absolute Gasteiger partial charge is 0.197 e. The molecule has 0 spiro atoms. The van der Waals surface area contributed by atoms with Gasteiger partial charge in [0.05, 0.1) is 0 Å². The summed E-state index contributed by atoms with van der Waals surface area (Å²) >= 11 is 0. The molecule has 0 aromatic heterocycles. The Bertz CT molecular complexity index is 3.61. The Kier molecular flexibility index (Phi) is 4490. The summed E-state index contributed by atoms with van der Waals surface area (Å²) < 4.78 is 0. The van der Waals surface area contributed by atoms with E-state index in [0.717, 1.165) is 0 Å². The average Bonchev–Trinajstić information content (AvgIpc) is 1.50. The predicted molar refractivity (Wildman–Crippen MR) is 27.1 cm³/mol. The van der Waals surface area contributed by atoms with Gasteiger partial charge < -0.3 is 0 Å². The Hall–Kier alpha value is 0.190. The van der Waals surface area contributed by atoms with Gasteiger partial charge in [0, 0.05) is 0 Å². The fourth-order valence-electron chi connectivity index (χ4n) is 0. The van der Waals surface area contributed by atoms with Crippen LogP contribution in [0.2, 0.25) is 0 Å². The van der Waals surface area contributed by atoms with Crippen LogP contribution in [0.5, 0.6) is 0 Å². The van der Waals surface area contributed by atoms with Gasteiger partial charge in [-0.3, -0.25) is 23.4 Å². The van der Waals surface area contributed by atoms with Crippen molar-refractivity contribution in [2.45, 2.75) is 0 Å². The Balaban J connectivity index is -0.0000000133. The van der Waals surface area contributed by atoms with Gasteiger partial charge in [0.1, 0.15) is 0 Å². The van der Waals surface area contributed by atoms with Gasteiger partial charge in [-0.05, 0) is 0 Å². The van der Waals surface area contributed by atoms with Crippen LogP contribution < -0.4 is 23.4 Å². The SMILES string of the molecule is NN.NN.S. The third-order valence-electron chi connectivity index (χ3n) is 0. The number of hydrogen-bond donors (Lipinski definition) is 4. The van der Waals surface area contributed by atoms with E-state index in [1.807, 2.05) is 0 Å². The van der Waals surface area contributed by atoms with Gasteiger partial charge in [0.2, 0.25) is 0 Å². The maximum Gasteiger partial charge on any atom is -0.197 e. The van der Waals surface area contributed by atoms with Crippen molar-refractivity contribution in [2.75, 3.05) is 0 Å². The molecule has 0 saturated carbocycles.